The van der Waals surface area contributed by atoms with Crippen LogP contribution in [-0.4, -0.2) is 52.0 Å². The van der Waals surface area contributed by atoms with Crippen LogP contribution >= 0.6 is 7.82 Å². The smallest absolute Gasteiger partial charge is 0.402 e. The first-order chi connectivity index (χ1) is 7.91. The van der Waals surface area contributed by atoms with Crippen LogP contribution in [0.4, 0.5) is 17.8 Å². The van der Waals surface area contributed by atoms with Gasteiger partial charge in [0.05, 0.1) is 0 Å². The summed E-state index contributed by atoms with van der Waals surface area (Å²) in [5.74, 6) is 0.125. The molecule has 0 aliphatic carbocycles. The average molecular weight is 286 g/mol. The number of nitrogens with zero attached hydrogens (tertiary/aromatic N) is 3. The molecule has 1 heterocycles. The lowest BCUT2D eigenvalue weighted by atomic mass is 10.3. The predicted molar refractivity (Wildman–Crippen MR) is 59.7 cm³/mol. The van der Waals surface area contributed by atoms with Crippen molar-refractivity contribution in [2.75, 3.05) is 17.2 Å². The molecule has 15 heteroatoms. The number of rotatable bonds is 0. The third-order valence-corrected chi connectivity index (χ3v) is 0.687. The van der Waals surface area contributed by atoms with E-state index in [-0.39, 0.29) is 17.8 Å². The molecule has 0 fully saturated rings. The van der Waals surface area contributed by atoms with Crippen LogP contribution in [0.5, 0.6) is 0 Å². The molecule has 0 aliphatic rings. The molecule has 0 aliphatic heterocycles. The lowest BCUT2D eigenvalue weighted by molar-refractivity contribution is 0.274. The highest BCUT2D eigenvalue weighted by atomic mass is 31.2. The van der Waals surface area contributed by atoms with Gasteiger partial charge in [0.2, 0.25) is 17.8 Å². The van der Waals surface area contributed by atoms with Crippen LogP contribution in [0.3, 0.4) is 0 Å². The Morgan fingerprint density at radius 2 is 0.944 bits per heavy atom. The van der Waals surface area contributed by atoms with Gasteiger partial charge >= 0.3 is 15.1 Å². The van der Waals surface area contributed by atoms with Crippen molar-refractivity contribution in [3.05, 3.63) is 0 Å². The molecule has 0 radical (unpaired) electrons. The largest absolute Gasteiger partial charge is 0.631 e. The zero-order valence-electron chi connectivity index (χ0n) is 8.69. The van der Waals surface area contributed by atoms with Crippen LogP contribution in [0.25, 0.3) is 0 Å². The number of phosphoric acid groups is 1. The van der Waals surface area contributed by atoms with Gasteiger partial charge in [-0.2, -0.15) is 15.0 Å². The third kappa shape index (κ3) is 23.9. The summed E-state index contributed by atoms with van der Waals surface area (Å²) in [5.41, 5.74) is 15.4. The molecule has 0 saturated heterocycles. The molecule has 12 N–H and O–H groups in total. The Labute approximate surface area is 100 Å². The summed E-state index contributed by atoms with van der Waals surface area (Å²) in [6.45, 7) is 0. The van der Waals surface area contributed by atoms with Gasteiger partial charge in [0.15, 0.2) is 0 Å². The Bertz CT molecular complexity index is 337. The van der Waals surface area contributed by atoms with Crippen molar-refractivity contribution in [1.29, 1.82) is 0 Å². The van der Waals surface area contributed by atoms with E-state index in [1.165, 1.54) is 0 Å². The van der Waals surface area contributed by atoms with Gasteiger partial charge in [0, 0.05) is 0 Å². The predicted octanol–water partition coefficient (Wildman–Crippen LogP) is -4.36. The Kier molecular flexibility index (Phi) is 8.93. The summed E-state index contributed by atoms with van der Waals surface area (Å²) in [6, 6.07) is 0. The average Bonchev–Trinajstić information content (AvgIpc) is 1.94. The first-order valence-electron chi connectivity index (χ1n) is 3.76. The summed E-state index contributed by atoms with van der Waals surface area (Å²) in [7, 11) is -6.81. The van der Waals surface area contributed by atoms with Crippen LogP contribution in [0.1, 0.15) is 0 Å². The molecule has 1 rings (SSSR count). The van der Waals surface area contributed by atoms with E-state index < -0.39 is 15.1 Å². The Morgan fingerprint density at radius 1 is 0.833 bits per heavy atom. The van der Waals surface area contributed by atoms with Crippen molar-refractivity contribution < 1.29 is 34.3 Å². The zero-order valence-corrected chi connectivity index (χ0v) is 9.58. The van der Waals surface area contributed by atoms with E-state index in [1.54, 1.807) is 0 Å². The van der Waals surface area contributed by atoms with Crippen LogP contribution in [0, 0.1) is 0 Å². The quantitative estimate of drug-likeness (QED) is 0.161. The third-order valence-electron chi connectivity index (χ3n) is 0.687. The molecule has 0 unspecified atom stereocenters. The molecule has 13 nitrogen and oxygen atoms in total. The summed E-state index contributed by atoms with van der Waals surface area (Å²) < 4.78 is 8.88. The summed E-state index contributed by atoms with van der Waals surface area (Å²) in [5, 5.41) is 21.5. The molecule has 0 atom stereocenters. The van der Waals surface area contributed by atoms with Crippen LogP contribution in [-0.2, 0) is 4.57 Å². The van der Waals surface area contributed by atoms with Crippen molar-refractivity contribution in [3.63, 3.8) is 0 Å². The molecule has 0 amide bonds. The molecule has 0 spiro atoms. The number of nitrogens with two attached hydrogens (primary N) is 3. The number of hydrogen-bond donors (Lipinski definition) is 9. The second-order valence-electron chi connectivity index (χ2n) is 2.27. The minimum absolute atomic E-state index is 0.0417. The fraction of sp³-hybridized carbons (Fsp3) is 0. The number of hydrogen-bond acceptors (Lipinski definition) is 10. The lowest BCUT2D eigenvalue weighted by Crippen LogP contribution is -2.07. The summed E-state index contributed by atoms with van der Waals surface area (Å²) in [4.78, 5) is 32.0. The van der Waals surface area contributed by atoms with Crippen LogP contribution in [0.15, 0.2) is 0 Å². The van der Waals surface area contributed by atoms with Gasteiger partial charge in [0.1, 0.15) is 0 Å². The number of aromatic nitrogens is 3. The van der Waals surface area contributed by atoms with Gasteiger partial charge in [0.25, 0.3) is 0 Å². The number of nitrogen functional groups attached to an aromatic ring is 3. The van der Waals surface area contributed by atoms with E-state index in [2.05, 4.69) is 15.0 Å². The standard InChI is InChI=1S/C3H6N6.BH3O3.H3O4P/c4-1-7-2(5)9-3(6)8-1;2-1(3)4;1-5(2,3)4/h(H6,4,5,6,7,8,9);2-4H;(H3,1,2,3,4). The van der Waals surface area contributed by atoms with Gasteiger partial charge < -0.3 is 47.0 Å². The molecular weight excluding hydrogens is 274 g/mol. The van der Waals surface area contributed by atoms with E-state index in [1.807, 2.05) is 0 Å². The molecule has 0 saturated carbocycles. The van der Waals surface area contributed by atoms with E-state index in [0.29, 0.717) is 0 Å². The first kappa shape index (κ1) is 18.8. The lowest BCUT2D eigenvalue weighted by Gasteiger charge is -1.93. The van der Waals surface area contributed by atoms with Gasteiger partial charge in [-0.25, -0.2) is 4.57 Å². The molecule has 1 aromatic heterocycles. The van der Waals surface area contributed by atoms with E-state index in [0.717, 1.165) is 0 Å². The van der Waals surface area contributed by atoms with E-state index >= 15 is 0 Å². The van der Waals surface area contributed by atoms with Crippen molar-refractivity contribution in [1.82, 2.24) is 15.0 Å². The zero-order chi connectivity index (χ0) is 14.9. The Balaban J connectivity index is 0. The Hall–Kier alpha value is -1.54. The van der Waals surface area contributed by atoms with Gasteiger partial charge in [-0.05, 0) is 0 Å². The van der Waals surface area contributed by atoms with Crippen molar-refractivity contribution in [2.24, 2.45) is 0 Å². The van der Waals surface area contributed by atoms with E-state index in [4.69, 9.17) is 51.5 Å². The fourth-order valence-electron chi connectivity index (χ4n) is 0.427. The maximum Gasteiger partial charge on any atom is 0.631 e. The van der Waals surface area contributed by atoms with Crippen LogP contribution in [0.2, 0.25) is 0 Å². The highest BCUT2D eigenvalue weighted by molar-refractivity contribution is 7.45. The molecule has 18 heavy (non-hydrogen) atoms. The van der Waals surface area contributed by atoms with Gasteiger partial charge in [-0.1, -0.05) is 0 Å². The highest BCUT2D eigenvalue weighted by Crippen LogP contribution is 2.25. The van der Waals surface area contributed by atoms with E-state index in [9.17, 15) is 0 Å². The second-order valence-corrected chi connectivity index (χ2v) is 3.30. The normalized spacial score (nSPS) is 9.44. The van der Waals surface area contributed by atoms with Gasteiger partial charge in [-0.3, -0.25) is 0 Å². The maximum absolute atomic E-state index is 8.88. The maximum atomic E-state index is 8.88. The molecular formula is C3H12BN6O7P. The van der Waals surface area contributed by atoms with Crippen LogP contribution < -0.4 is 17.2 Å². The Morgan fingerprint density at radius 3 is 1.06 bits per heavy atom. The monoisotopic (exact) mass is 286 g/mol. The summed E-state index contributed by atoms with van der Waals surface area (Å²) in [6.07, 6.45) is 0. The fourth-order valence-corrected chi connectivity index (χ4v) is 0.427. The molecule has 0 aromatic carbocycles. The van der Waals surface area contributed by atoms with Crippen molar-refractivity contribution in [2.45, 2.75) is 0 Å². The SMILES string of the molecule is Nc1nc(N)nc(N)n1.O=P(O)(O)O.OB(O)O. The number of anilines is 3. The molecule has 104 valence electrons. The minimum Gasteiger partial charge on any atom is -0.402 e. The second kappa shape index (κ2) is 8.54. The minimum atomic E-state index is -4.64. The van der Waals surface area contributed by atoms with Crippen molar-refractivity contribution >= 4 is 33.0 Å². The molecule has 0 bridgehead atoms. The van der Waals surface area contributed by atoms with Gasteiger partial charge in [-0.15, -0.1) is 0 Å². The first-order valence-corrected chi connectivity index (χ1v) is 5.33. The highest BCUT2D eigenvalue weighted by Gasteiger charge is 2.00. The summed E-state index contributed by atoms with van der Waals surface area (Å²) >= 11 is 0. The van der Waals surface area contributed by atoms with Crippen molar-refractivity contribution in [3.8, 4) is 0 Å². The topological polar surface area (TPSA) is 255 Å². The molecule has 1 aromatic rings.